The Hall–Kier alpha value is -3.07. The van der Waals surface area contributed by atoms with E-state index >= 15 is 0 Å². The van der Waals surface area contributed by atoms with Crippen LogP contribution < -0.4 is 4.74 Å². The maximum absolute atomic E-state index is 13.1. The summed E-state index contributed by atoms with van der Waals surface area (Å²) in [6.07, 6.45) is -2.88. The van der Waals surface area contributed by atoms with Crippen LogP contribution in [0, 0.1) is 0 Å². The first-order valence-corrected chi connectivity index (χ1v) is 9.93. The predicted octanol–water partition coefficient (Wildman–Crippen LogP) is 5.03. The number of hydrogen-bond donors (Lipinski definition) is 0. The van der Waals surface area contributed by atoms with Crippen molar-refractivity contribution in [1.82, 2.24) is 9.88 Å². The summed E-state index contributed by atoms with van der Waals surface area (Å²) in [6.45, 7) is -0.0732. The Bertz CT molecular complexity index is 1120. The first-order chi connectivity index (χ1) is 14.3. The van der Waals surface area contributed by atoms with E-state index in [2.05, 4.69) is 4.98 Å². The Morgan fingerprint density at radius 1 is 1.10 bits per heavy atom. The van der Waals surface area contributed by atoms with Crippen LogP contribution in [-0.2, 0) is 24.1 Å². The quantitative estimate of drug-likeness (QED) is 0.566. The number of halogens is 3. The predicted molar refractivity (Wildman–Crippen MR) is 106 cm³/mol. The number of pyridine rings is 1. The lowest BCUT2D eigenvalue weighted by Gasteiger charge is -2.14. The number of carbonyl (C=O) groups excluding carboxylic acids is 2. The van der Waals surface area contributed by atoms with Crippen LogP contribution in [-0.4, -0.2) is 26.8 Å². The number of carbonyl (C=O) groups is 2. The van der Waals surface area contributed by atoms with Crippen molar-refractivity contribution < 1.29 is 27.5 Å². The summed E-state index contributed by atoms with van der Waals surface area (Å²) in [5.74, 6) is 0.312. The van der Waals surface area contributed by atoms with Gasteiger partial charge < -0.3 is 4.74 Å². The second kappa shape index (κ2) is 7.98. The van der Waals surface area contributed by atoms with Gasteiger partial charge >= 0.3 is 6.18 Å². The second-order valence-electron chi connectivity index (χ2n) is 6.68. The smallest absolute Gasteiger partial charge is 0.416 e. The number of thioether (sulfide) groups is 1. The van der Waals surface area contributed by atoms with E-state index in [4.69, 9.17) is 4.74 Å². The zero-order valence-electron chi connectivity index (χ0n) is 15.5. The summed E-state index contributed by atoms with van der Waals surface area (Å²) < 4.78 is 44.9. The van der Waals surface area contributed by atoms with Crippen LogP contribution in [0.25, 0.3) is 10.9 Å². The number of amides is 2. The average molecular weight is 432 g/mol. The SMILES string of the molecule is O=C1CSC(=O)N1Cc1cnc2cc(OCc3ccccc3C(F)(F)F)ccc2c1. The van der Waals surface area contributed by atoms with Crippen LogP contribution in [0.2, 0.25) is 0 Å². The summed E-state index contributed by atoms with van der Waals surface area (Å²) in [5, 5.41) is 0.491. The van der Waals surface area contributed by atoms with Crippen molar-refractivity contribution in [2.75, 3.05) is 5.75 Å². The Morgan fingerprint density at radius 3 is 2.63 bits per heavy atom. The van der Waals surface area contributed by atoms with E-state index in [1.54, 1.807) is 24.4 Å². The summed E-state index contributed by atoms with van der Waals surface area (Å²) in [6, 6.07) is 12.1. The molecule has 154 valence electrons. The van der Waals surface area contributed by atoms with E-state index in [9.17, 15) is 22.8 Å². The molecular weight excluding hydrogens is 417 g/mol. The van der Waals surface area contributed by atoms with Crippen molar-refractivity contribution in [3.8, 4) is 5.75 Å². The molecule has 2 amide bonds. The van der Waals surface area contributed by atoms with E-state index in [1.807, 2.05) is 6.07 Å². The van der Waals surface area contributed by atoms with E-state index in [1.165, 1.54) is 23.1 Å². The molecule has 0 N–H and O–H groups in total. The van der Waals surface area contributed by atoms with E-state index in [0.717, 1.165) is 23.2 Å². The van der Waals surface area contributed by atoms with Crippen LogP contribution in [0.1, 0.15) is 16.7 Å². The van der Waals surface area contributed by atoms with E-state index in [-0.39, 0.29) is 35.6 Å². The largest absolute Gasteiger partial charge is 0.489 e. The fraction of sp³-hybridized carbons (Fsp3) is 0.190. The molecule has 0 aliphatic carbocycles. The molecule has 0 bridgehead atoms. The fourth-order valence-corrected chi connectivity index (χ4v) is 3.85. The normalized spacial score (nSPS) is 14.6. The van der Waals surface area contributed by atoms with Gasteiger partial charge in [-0.3, -0.25) is 19.5 Å². The number of imide groups is 1. The Labute approximate surface area is 173 Å². The van der Waals surface area contributed by atoms with Crippen molar-refractivity contribution in [2.24, 2.45) is 0 Å². The van der Waals surface area contributed by atoms with Gasteiger partial charge in [-0.1, -0.05) is 30.0 Å². The van der Waals surface area contributed by atoms with Gasteiger partial charge in [0, 0.05) is 23.2 Å². The van der Waals surface area contributed by atoms with Gasteiger partial charge in [-0.05, 0) is 29.8 Å². The number of ether oxygens (including phenoxy) is 1. The molecule has 0 radical (unpaired) electrons. The third kappa shape index (κ3) is 4.25. The fourth-order valence-electron chi connectivity index (χ4n) is 3.12. The lowest BCUT2D eigenvalue weighted by atomic mass is 10.1. The van der Waals surface area contributed by atoms with Crippen molar-refractivity contribution in [3.63, 3.8) is 0 Å². The summed E-state index contributed by atoms with van der Waals surface area (Å²) in [7, 11) is 0. The van der Waals surface area contributed by atoms with Gasteiger partial charge in [0.05, 0.1) is 23.4 Å². The Balaban J connectivity index is 1.50. The molecule has 2 aromatic carbocycles. The van der Waals surface area contributed by atoms with E-state index < -0.39 is 11.7 Å². The number of nitrogens with zero attached hydrogens (tertiary/aromatic N) is 2. The van der Waals surface area contributed by atoms with Crippen molar-refractivity contribution in [3.05, 3.63) is 71.4 Å². The molecular formula is C21H15F3N2O3S. The second-order valence-corrected chi connectivity index (χ2v) is 7.60. The molecule has 30 heavy (non-hydrogen) atoms. The summed E-state index contributed by atoms with van der Waals surface area (Å²) in [4.78, 5) is 29.0. The molecule has 0 unspecified atom stereocenters. The van der Waals surface area contributed by atoms with Gasteiger partial charge in [0.1, 0.15) is 12.4 Å². The lowest BCUT2D eigenvalue weighted by molar-refractivity contribution is -0.138. The number of rotatable bonds is 5. The highest BCUT2D eigenvalue weighted by molar-refractivity contribution is 8.14. The van der Waals surface area contributed by atoms with Gasteiger partial charge in [-0.25, -0.2) is 0 Å². The molecule has 1 saturated heterocycles. The summed E-state index contributed by atoms with van der Waals surface area (Å²) >= 11 is 0.974. The minimum Gasteiger partial charge on any atom is -0.489 e. The molecule has 1 fully saturated rings. The zero-order chi connectivity index (χ0) is 21.3. The van der Waals surface area contributed by atoms with Crippen LogP contribution in [0.5, 0.6) is 5.75 Å². The molecule has 9 heteroatoms. The van der Waals surface area contributed by atoms with Crippen LogP contribution in [0.15, 0.2) is 54.7 Å². The third-order valence-corrected chi connectivity index (χ3v) is 5.47. The van der Waals surface area contributed by atoms with Gasteiger partial charge in [-0.2, -0.15) is 13.2 Å². The van der Waals surface area contributed by atoms with Crippen molar-refractivity contribution in [1.29, 1.82) is 0 Å². The van der Waals surface area contributed by atoms with Crippen LogP contribution in [0.4, 0.5) is 18.0 Å². The molecule has 5 nitrogen and oxygen atoms in total. The van der Waals surface area contributed by atoms with Gasteiger partial charge in [0.2, 0.25) is 5.91 Å². The number of hydrogen-bond acceptors (Lipinski definition) is 5. The zero-order valence-corrected chi connectivity index (χ0v) is 16.3. The van der Waals surface area contributed by atoms with Gasteiger partial charge in [0.25, 0.3) is 5.24 Å². The molecule has 0 atom stereocenters. The number of benzene rings is 2. The van der Waals surface area contributed by atoms with Crippen LogP contribution >= 0.6 is 11.8 Å². The molecule has 1 aliphatic rings. The Morgan fingerprint density at radius 2 is 1.90 bits per heavy atom. The molecule has 2 heterocycles. The lowest BCUT2D eigenvalue weighted by Crippen LogP contribution is -2.27. The maximum Gasteiger partial charge on any atom is 0.416 e. The molecule has 1 aliphatic heterocycles. The van der Waals surface area contributed by atoms with Gasteiger partial charge in [0.15, 0.2) is 0 Å². The van der Waals surface area contributed by atoms with E-state index in [0.29, 0.717) is 16.8 Å². The highest BCUT2D eigenvalue weighted by atomic mass is 32.2. The van der Waals surface area contributed by atoms with Crippen molar-refractivity contribution in [2.45, 2.75) is 19.3 Å². The first kappa shape index (κ1) is 20.2. The summed E-state index contributed by atoms with van der Waals surface area (Å²) in [5.41, 5.74) is 0.622. The minimum atomic E-state index is -4.45. The third-order valence-electron chi connectivity index (χ3n) is 4.61. The molecule has 3 aromatic rings. The topological polar surface area (TPSA) is 59.5 Å². The van der Waals surface area contributed by atoms with Gasteiger partial charge in [-0.15, -0.1) is 0 Å². The molecule has 4 rings (SSSR count). The standard InChI is InChI=1S/C21H15F3N2O3S/c22-21(23,24)17-4-2-1-3-15(17)11-29-16-6-5-14-7-13(9-25-18(14)8-16)10-26-19(27)12-30-20(26)28/h1-9H,10-12H2. The van der Waals surface area contributed by atoms with Crippen molar-refractivity contribution >= 4 is 33.8 Å². The number of fused-ring (bicyclic) bond motifs is 1. The maximum atomic E-state index is 13.1. The molecule has 1 aromatic heterocycles. The number of alkyl halides is 3. The molecule has 0 saturated carbocycles. The molecule has 0 spiro atoms. The highest BCUT2D eigenvalue weighted by Crippen LogP contribution is 2.32. The first-order valence-electron chi connectivity index (χ1n) is 8.95. The minimum absolute atomic E-state index is 0.0474. The van der Waals surface area contributed by atoms with Crippen LogP contribution in [0.3, 0.4) is 0 Å². The monoisotopic (exact) mass is 432 g/mol. The Kier molecular flexibility index (Phi) is 5.38. The average Bonchev–Trinajstić information content (AvgIpc) is 3.03. The number of aromatic nitrogens is 1. The highest BCUT2D eigenvalue weighted by Gasteiger charge is 2.33.